The minimum Gasteiger partial charge on any atom is -0.496 e. The molecule has 2 heterocycles. The van der Waals surface area contributed by atoms with Crippen molar-refractivity contribution >= 4 is 11.3 Å². The average molecular weight is 209 g/mol. The van der Waals surface area contributed by atoms with E-state index in [0.717, 1.165) is 18.8 Å². The van der Waals surface area contributed by atoms with Gasteiger partial charge in [0.25, 0.3) is 0 Å². The molecule has 1 N–H and O–H groups in total. The Labute approximate surface area is 88.6 Å². The molecular weight excluding hydrogens is 194 g/mol. The van der Waals surface area contributed by atoms with Gasteiger partial charge in [0.05, 0.1) is 12.6 Å². The van der Waals surface area contributed by atoms with Crippen molar-refractivity contribution in [1.82, 2.24) is 5.32 Å². The van der Waals surface area contributed by atoms with Crippen LogP contribution in [0.3, 0.4) is 0 Å². The number of ether oxygens (including phenoxy) is 1. The van der Waals surface area contributed by atoms with Gasteiger partial charge in [0.2, 0.25) is 0 Å². The number of thiophene rings is 1. The number of nitrogens with one attached hydrogen (secondary N) is 1. The summed E-state index contributed by atoms with van der Waals surface area (Å²) >= 11 is 1.79. The molecule has 1 aromatic heterocycles. The first-order valence-electron chi connectivity index (χ1n) is 4.86. The molecule has 2 nitrogen and oxygen atoms in total. The fourth-order valence-corrected chi connectivity index (χ4v) is 2.68. The zero-order chi connectivity index (χ0) is 9.97. The van der Waals surface area contributed by atoms with E-state index in [9.17, 15) is 0 Å². The van der Waals surface area contributed by atoms with Gasteiger partial charge in [-0.1, -0.05) is 0 Å². The molecule has 14 heavy (non-hydrogen) atoms. The molecule has 1 aromatic rings. The first kappa shape index (κ1) is 9.74. The maximum Gasteiger partial charge on any atom is 0.114 e. The Balaban J connectivity index is 2.20. The molecule has 1 unspecified atom stereocenters. The summed E-state index contributed by atoms with van der Waals surface area (Å²) in [7, 11) is 1.97. The Bertz CT molecular complexity index is 343. The van der Waals surface area contributed by atoms with Crippen molar-refractivity contribution in [2.24, 2.45) is 0 Å². The molecule has 3 heteroatoms. The highest BCUT2D eigenvalue weighted by molar-refractivity contribution is 7.10. The molecule has 0 saturated heterocycles. The summed E-state index contributed by atoms with van der Waals surface area (Å²) in [6, 6.07) is 2.46. The third kappa shape index (κ3) is 1.83. The second-order valence-corrected chi connectivity index (χ2v) is 4.43. The lowest BCUT2D eigenvalue weighted by Crippen LogP contribution is -2.17. The summed E-state index contributed by atoms with van der Waals surface area (Å²) in [5.74, 6) is 1.08. The van der Waals surface area contributed by atoms with Crippen molar-refractivity contribution < 1.29 is 4.74 Å². The van der Waals surface area contributed by atoms with Gasteiger partial charge in [-0.3, -0.25) is 0 Å². The van der Waals surface area contributed by atoms with Crippen LogP contribution >= 0.6 is 11.3 Å². The van der Waals surface area contributed by atoms with E-state index < -0.39 is 0 Å². The van der Waals surface area contributed by atoms with E-state index in [1.54, 1.807) is 11.3 Å². The van der Waals surface area contributed by atoms with Crippen molar-refractivity contribution in [3.63, 3.8) is 0 Å². The van der Waals surface area contributed by atoms with Crippen molar-refractivity contribution in [3.8, 4) is 0 Å². The summed E-state index contributed by atoms with van der Waals surface area (Å²) in [5, 5.41) is 5.47. The molecule has 2 rings (SSSR count). The molecular formula is C11H15NOS. The second-order valence-electron chi connectivity index (χ2n) is 3.49. The minimum absolute atomic E-state index is 0.246. The summed E-state index contributed by atoms with van der Waals surface area (Å²) in [6.07, 6.45) is 3.22. The van der Waals surface area contributed by atoms with Crippen LogP contribution in [0.25, 0.3) is 0 Å². The van der Waals surface area contributed by atoms with Crippen LogP contribution in [0.4, 0.5) is 0 Å². The van der Waals surface area contributed by atoms with Gasteiger partial charge in [-0.2, -0.15) is 0 Å². The Kier molecular flexibility index (Phi) is 2.89. The normalized spacial score (nSPS) is 17.7. The lowest BCUT2D eigenvalue weighted by Gasteiger charge is -2.15. The van der Waals surface area contributed by atoms with Gasteiger partial charge < -0.3 is 10.1 Å². The Morgan fingerprint density at radius 3 is 2.93 bits per heavy atom. The highest BCUT2D eigenvalue weighted by Gasteiger charge is 2.20. The molecule has 1 atom stereocenters. The summed E-state index contributed by atoms with van der Waals surface area (Å²) in [6.45, 7) is 2.95. The zero-order valence-electron chi connectivity index (χ0n) is 8.54. The Morgan fingerprint density at radius 2 is 2.43 bits per heavy atom. The van der Waals surface area contributed by atoms with Gasteiger partial charge in [0.15, 0.2) is 0 Å². The first-order chi connectivity index (χ1) is 6.81. The van der Waals surface area contributed by atoms with Gasteiger partial charge in [-0.25, -0.2) is 0 Å². The van der Waals surface area contributed by atoms with Crippen LogP contribution in [-0.4, -0.2) is 13.7 Å². The van der Waals surface area contributed by atoms with E-state index in [0.29, 0.717) is 0 Å². The monoisotopic (exact) mass is 209 g/mol. The molecule has 76 valence electrons. The van der Waals surface area contributed by atoms with Crippen molar-refractivity contribution in [3.05, 3.63) is 33.7 Å². The Hall–Kier alpha value is -0.800. The highest BCUT2D eigenvalue weighted by atomic mass is 32.1. The van der Waals surface area contributed by atoms with Crippen LogP contribution in [-0.2, 0) is 4.74 Å². The number of aryl methyl sites for hydroxylation is 1. The van der Waals surface area contributed by atoms with Gasteiger partial charge in [-0.05, 0) is 37.1 Å². The molecule has 0 bridgehead atoms. The largest absolute Gasteiger partial charge is 0.496 e. The molecule has 0 fully saturated rings. The molecule has 0 aromatic carbocycles. The second kappa shape index (κ2) is 4.15. The maximum atomic E-state index is 5.57. The van der Waals surface area contributed by atoms with E-state index in [1.165, 1.54) is 10.4 Å². The van der Waals surface area contributed by atoms with Crippen LogP contribution in [0.2, 0.25) is 0 Å². The number of hydrogen-bond donors (Lipinski definition) is 1. The molecule has 1 aliphatic rings. The van der Waals surface area contributed by atoms with Crippen LogP contribution in [0.1, 0.15) is 22.9 Å². The van der Waals surface area contributed by atoms with Crippen molar-refractivity contribution in [1.29, 1.82) is 0 Å². The van der Waals surface area contributed by atoms with Gasteiger partial charge in [0, 0.05) is 11.3 Å². The molecule has 0 saturated carbocycles. The molecule has 0 spiro atoms. The van der Waals surface area contributed by atoms with E-state index in [1.807, 2.05) is 7.05 Å². The van der Waals surface area contributed by atoms with Gasteiger partial charge in [-0.15, -0.1) is 11.3 Å². The van der Waals surface area contributed by atoms with Crippen molar-refractivity contribution in [2.75, 3.05) is 13.7 Å². The highest BCUT2D eigenvalue weighted by Crippen LogP contribution is 2.30. The van der Waals surface area contributed by atoms with Crippen LogP contribution < -0.4 is 5.32 Å². The molecule has 0 amide bonds. The van der Waals surface area contributed by atoms with Crippen molar-refractivity contribution in [2.45, 2.75) is 19.4 Å². The maximum absolute atomic E-state index is 5.57. The number of rotatable bonds is 3. The van der Waals surface area contributed by atoms with E-state index in [2.05, 4.69) is 29.8 Å². The quantitative estimate of drug-likeness (QED) is 0.826. The van der Waals surface area contributed by atoms with Gasteiger partial charge in [0.1, 0.15) is 5.76 Å². The smallest absolute Gasteiger partial charge is 0.114 e. The lowest BCUT2D eigenvalue weighted by atomic mass is 10.2. The van der Waals surface area contributed by atoms with E-state index in [-0.39, 0.29) is 6.04 Å². The van der Waals surface area contributed by atoms with Gasteiger partial charge >= 0.3 is 0 Å². The fraction of sp³-hybridized carbons (Fsp3) is 0.455. The predicted octanol–water partition coefficient (Wildman–Crippen LogP) is 2.62. The number of likely N-dealkylation sites (N-methyl/N-ethyl adjacent to an activating group) is 1. The molecule has 1 aliphatic heterocycles. The standard InChI is InChI=1S/C11H15NOS/c1-8-6-10(14-7-8)11(12-2)9-4-3-5-13-9/h4,6-7,11-12H,3,5H2,1-2H3. The van der Waals surface area contributed by atoms with E-state index >= 15 is 0 Å². The third-order valence-electron chi connectivity index (χ3n) is 2.34. The SMILES string of the molecule is CNC(C1=CCCO1)c1cc(C)cs1. The lowest BCUT2D eigenvalue weighted by molar-refractivity contribution is 0.219. The minimum atomic E-state index is 0.246. The third-order valence-corrected chi connectivity index (χ3v) is 3.46. The summed E-state index contributed by atoms with van der Waals surface area (Å²) in [4.78, 5) is 1.33. The zero-order valence-corrected chi connectivity index (χ0v) is 9.36. The Morgan fingerprint density at radius 1 is 1.57 bits per heavy atom. The van der Waals surface area contributed by atoms with Crippen LogP contribution in [0, 0.1) is 6.92 Å². The predicted molar refractivity (Wildman–Crippen MR) is 59.5 cm³/mol. The fourth-order valence-electron chi connectivity index (χ4n) is 1.67. The van der Waals surface area contributed by atoms with Crippen LogP contribution in [0.5, 0.6) is 0 Å². The average Bonchev–Trinajstić information content (AvgIpc) is 2.79. The molecule has 0 radical (unpaired) electrons. The molecule has 0 aliphatic carbocycles. The topological polar surface area (TPSA) is 21.3 Å². The number of hydrogen-bond acceptors (Lipinski definition) is 3. The summed E-state index contributed by atoms with van der Waals surface area (Å²) < 4.78 is 5.57. The van der Waals surface area contributed by atoms with E-state index in [4.69, 9.17) is 4.74 Å². The van der Waals surface area contributed by atoms with Crippen LogP contribution in [0.15, 0.2) is 23.3 Å². The summed E-state index contributed by atoms with van der Waals surface area (Å²) in [5.41, 5.74) is 1.32. The first-order valence-corrected chi connectivity index (χ1v) is 5.74.